The van der Waals surface area contributed by atoms with Crippen LogP contribution < -0.4 is 0 Å². The largest absolute Gasteiger partial charge is 0.341 e. The second-order valence-electron chi connectivity index (χ2n) is 5.65. The minimum absolute atomic E-state index is 0.00300. The molecular formula is C15H19NO2S. The normalized spacial score (nSPS) is 27.2. The second-order valence-corrected chi connectivity index (χ2v) is 6.65. The summed E-state index contributed by atoms with van der Waals surface area (Å²) in [5, 5.41) is 2.10. The summed E-state index contributed by atoms with van der Waals surface area (Å²) in [4.78, 5) is 27.5. The molecule has 2 unspecified atom stereocenters. The van der Waals surface area contributed by atoms with Crippen LogP contribution in [0.3, 0.4) is 0 Å². The van der Waals surface area contributed by atoms with E-state index in [0.29, 0.717) is 25.3 Å². The number of amides is 1. The Morgan fingerprint density at radius 2 is 2.26 bits per heavy atom. The van der Waals surface area contributed by atoms with Gasteiger partial charge in [-0.25, -0.2) is 0 Å². The lowest BCUT2D eigenvalue weighted by Crippen LogP contribution is -2.45. The van der Waals surface area contributed by atoms with E-state index in [-0.39, 0.29) is 17.7 Å². The molecule has 4 heteroatoms. The minimum Gasteiger partial charge on any atom is -0.341 e. The number of carbonyl (C=O) groups excluding carboxylic acids is 2. The molecule has 1 amide bonds. The highest BCUT2D eigenvalue weighted by Crippen LogP contribution is 2.36. The number of carbonyl (C=O) groups is 2. The Kier molecular flexibility index (Phi) is 3.44. The summed E-state index contributed by atoms with van der Waals surface area (Å²) in [5.41, 5.74) is 1.24. The van der Waals surface area contributed by atoms with Crippen molar-refractivity contribution < 1.29 is 9.59 Å². The van der Waals surface area contributed by atoms with Gasteiger partial charge in [0.05, 0.1) is 5.92 Å². The van der Waals surface area contributed by atoms with Crippen LogP contribution in [0.4, 0.5) is 0 Å². The van der Waals surface area contributed by atoms with E-state index in [9.17, 15) is 9.59 Å². The van der Waals surface area contributed by atoms with Gasteiger partial charge in [0.1, 0.15) is 5.78 Å². The molecule has 2 atom stereocenters. The zero-order valence-corrected chi connectivity index (χ0v) is 12.0. The van der Waals surface area contributed by atoms with Gasteiger partial charge in [-0.3, -0.25) is 9.59 Å². The second kappa shape index (κ2) is 5.08. The van der Waals surface area contributed by atoms with Crippen molar-refractivity contribution in [3.63, 3.8) is 0 Å². The third-order valence-electron chi connectivity index (χ3n) is 4.33. The van der Waals surface area contributed by atoms with Gasteiger partial charge in [0.2, 0.25) is 5.91 Å². The zero-order chi connectivity index (χ0) is 13.4. The molecule has 102 valence electrons. The Morgan fingerprint density at radius 3 is 3.05 bits per heavy atom. The van der Waals surface area contributed by atoms with Crippen LogP contribution in [-0.4, -0.2) is 29.7 Å². The van der Waals surface area contributed by atoms with E-state index in [1.54, 1.807) is 11.3 Å². The zero-order valence-electron chi connectivity index (χ0n) is 11.2. The molecule has 1 aliphatic carbocycles. The standard InChI is InChI=1S/C15H19NO2S/c1-10-9-16(7-5-13(10)17)15(18)12-3-2-4-14-11(12)6-8-19-14/h6,8,10,12H,2-5,7,9H2,1H3. The fourth-order valence-corrected chi connectivity index (χ4v) is 4.17. The number of ketones is 1. The first-order chi connectivity index (χ1) is 9.16. The number of aryl methyl sites for hydroxylation is 1. The number of hydrogen-bond acceptors (Lipinski definition) is 3. The smallest absolute Gasteiger partial charge is 0.230 e. The molecular weight excluding hydrogens is 258 g/mol. The molecule has 0 aromatic carbocycles. The Morgan fingerprint density at radius 1 is 1.42 bits per heavy atom. The fraction of sp³-hybridized carbons (Fsp3) is 0.600. The molecule has 0 N–H and O–H groups in total. The van der Waals surface area contributed by atoms with E-state index in [2.05, 4.69) is 11.4 Å². The van der Waals surface area contributed by atoms with E-state index in [4.69, 9.17) is 0 Å². The first-order valence-electron chi connectivity index (χ1n) is 7.04. The summed E-state index contributed by atoms with van der Waals surface area (Å²) < 4.78 is 0. The Hall–Kier alpha value is -1.16. The van der Waals surface area contributed by atoms with E-state index in [1.807, 2.05) is 11.8 Å². The van der Waals surface area contributed by atoms with Crippen LogP contribution in [0.25, 0.3) is 0 Å². The monoisotopic (exact) mass is 277 g/mol. The summed E-state index contributed by atoms with van der Waals surface area (Å²) in [6.07, 6.45) is 3.70. The molecule has 1 fully saturated rings. The number of rotatable bonds is 1. The van der Waals surface area contributed by atoms with Crippen molar-refractivity contribution in [1.29, 1.82) is 0 Å². The number of nitrogens with zero attached hydrogens (tertiary/aromatic N) is 1. The Bertz CT molecular complexity index is 508. The Balaban J connectivity index is 1.77. The maximum Gasteiger partial charge on any atom is 0.230 e. The molecule has 0 bridgehead atoms. The summed E-state index contributed by atoms with van der Waals surface area (Å²) >= 11 is 1.77. The molecule has 0 saturated carbocycles. The van der Waals surface area contributed by atoms with Gasteiger partial charge in [0, 0.05) is 30.3 Å². The fourth-order valence-electron chi connectivity index (χ4n) is 3.18. The molecule has 0 radical (unpaired) electrons. The van der Waals surface area contributed by atoms with Crippen LogP contribution >= 0.6 is 11.3 Å². The topological polar surface area (TPSA) is 37.4 Å². The minimum atomic E-state index is 0.00300. The lowest BCUT2D eigenvalue weighted by atomic mass is 9.86. The summed E-state index contributed by atoms with van der Waals surface area (Å²) in [6, 6.07) is 2.11. The van der Waals surface area contributed by atoms with E-state index in [0.717, 1.165) is 19.3 Å². The van der Waals surface area contributed by atoms with E-state index >= 15 is 0 Å². The molecule has 3 rings (SSSR count). The quantitative estimate of drug-likeness (QED) is 0.791. The lowest BCUT2D eigenvalue weighted by Gasteiger charge is -2.34. The summed E-state index contributed by atoms with van der Waals surface area (Å²) in [5.74, 6) is 0.571. The maximum absolute atomic E-state index is 12.7. The number of Topliss-reactive ketones (excluding diaryl/α,β-unsaturated/α-hetero) is 1. The molecule has 2 aliphatic rings. The third-order valence-corrected chi connectivity index (χ3v) is 5.33. The molecule has 1 aromatic rings. The van der Waals surface area contributed by atoms with Crippen molar-refractivity contribution in [3.8, 4) is 0 Å². The number of piperidine rings is 1. The summed E-state index contributed by atoms with van der Waals surface area (Å²) in [7, 11) is 0. The van der Waals surface area contributed by atoms with E-state index < -0.39 is 0 Å². The van der Waals surface area contributed by atoms with Crippen molar-refractivity contribution in [2.24, 2.45) is 5.92 Å². The van der Waals surface area contributed by atoms with Crippen LogP contribution in [0.2, 0.25) is 0 Å². The highest BCUT2D eigenvalue weighted by molar-refractivity contribution is 7.10. The molecule has 2 heterocycles. The van der Waals surface area contributed by atoms with Crippen LogP contribution in [-0.2, 0) is 16.0 Å². The molecule has 1 aliphatic heterocycles. The van der Waals surface area contributed by atoms with Crippen LogP contribution in [0.5, 0.6) is 0 Å². The number of thiophene rings is 1. The van der Waals surface area contributed by atoms with Crippen molar-refractivity contribution in [3.05, 3.63) is 21.9 Å². The van der Waals surface area contributed by atoms with Crippen LogP contribution in [0.1, 0.15) is 42.5 Å². The third kappa shape index (κ3) is 2.34. The van der Waals surface area contributed by atoms with Crippen LogP contribution in [0.15, 0.2) is 11.4 Å². The van der Waals surface area contributed by atoms with Crippen molar-refractivity contribution in [1.82, 2.24) is 4.90 Å². The number of fused-ring (bicyclic) bond motifs is 1. The van der Waals surface area contributed by atoms with Crippen molar-refractivity contribution in [2.45, 2.75) is 38.5 Å². The van der Waals surface area contributed by atoms with Gasteiger partial charge in [-0.15, -0.1) is 11.3 Å². The molecule has 3 nitrogen and oxygen atoms in total. The number of likely N-dealkylation sites (tertiary alicyclic amines) is 1. The molecule has 1 saturated heterocycles. The lowest BCUT2D eigenvalue weighted by molar-refractivity contribution is -0.138. The van der Waals surface area contributed by atoms with Gasteiger partial charge < -0.3 is 4.90 Å². The maximum atomic E-state index is 12.7. The first kappa shape index (κ1) is 12.9. The van der Waals surface area contributed by atoms with Gasteiger partial charge >= 0.3 is 0 Å². The predicted octanol–water partition coefficient (Wildman–Crippen LogP) is 2.61. The Labute approximate surface area is 117 Å². The van der Waals surface area contributed by atoms with Gasteiger partial charge in [0.25, 0.3) is 0 Å². The average molecular weight is 277 g/mol. The van der Waals surface area contributed by atoms with Gasteiger partial charge in [-0.2, -0.15) is 0 Å². The molecule has 1 aromatic heterocycles. The molecule has 0 spiro atoms. The SMILES string of the molecule is CC1CN(C(=O)C2CCCc3sccc32)CCC1=O. The number of hydrogen-bond donors (Lipinski definition) is 0. The van der Waals surface area contributed by atoms with Gasteiger partial charge in [0.15, 0.2) is 0 Å². The van der Waals surface area contributed by atoms with Gasteiger partial charge in [-0.05, 0) is 36.3 Å². The average Bonchev–Trinajstić information content (AvgIpc) is 2.89. The van der Waals surface area contributed by atoms with Gasteiger partial charge in [-0.1, -0.05) is 6.92 Å². The van der Waals surface area contributed by atoms with E-state index in [1.165, 1.54) is 10.4 Å². The summed E-state index contributed by atoms with van der Waals surface area (Å²) in [6.45, 7) is 3.14. The first-order valence-corrected chi connectivity index (χ1v) is 7.92. The van der Waals surface area contributed by atoms with Crippen molar-refractivity contribution >= 4 is 23.0 Å². The highest BCUT2D eigenvalue weighted by atomic mass is 32.1. The highest BCUT2D eigenvalue weighted by Gasteiger charge is 2.34. The molecule has 19 heavy (non-hydrogen) atoms. The predicted molar refractivity (Wildman–Crippen MR) is 75.4 cm³/mol. The van der Waals surface area contributed by atoms with Crippen LogP contribution in [0, 0.1) is 5.92 Å². The van der Waals surface area contributed by atoms with Crippen molar-refractivity contribution in [2.75, 3.05) is 13.1 Å².